The summed E-state index contributed by atoms with van der Waals surface area (Å²) in [4.78, 5) is 20.3. The largest absolute Gasteiger partial charge is 0.399 e. The van der Waals surface area contributed by atoms with Crippen LogP contribution >= 0.6 is 0 Å². The second-order valence-electron chi connectivity index (χ2n) is 5.71. The second-order valence-corrected chi connectivity index (χ2v) is 5.71. The number of aromatic amines is 1. The summed E-state index contributed by atoms with van der Waals surface area (Å²) in [6.07, 6.45) is 2.23. The average Bonchev–Trinajstić information content (AvgIpc) is 3.09. The summed E-state index contributed by atoms with van der Waals surface area (Å²) in [5, 5.41) is 1.11. The molecule has 23 heavy (non-hydrogen) atoms. The molecule has 2 heterocycles. The molecule has 0 radical (unpaired) electrons. The lowest BCUT2D eigenvalue weighted by Crippen LogP contribution is -2.15. The van der Waals surface area contributed by atoms with E-state index in [-0.39, 0.29) is 5.91 Å². The Kier molecular flexibility index (Phi) is 2.94. The zero-order chi connectivity index (χ0) is 16.0. The quantitative estimate of drug-likeness (QED) is 0.558. The molecule has 0 aliphatic heterocycles. The fraction of sp³-hybridized carbons (Fsp3) is 0.111. The van der Waals surface area contributed by atoms with Gasteiger partial charge in [0.15, 0.2) is 0 Å². The molecule has 0 unspecified atom stereocenters. The third-order valence-corrected chi connectivity index (χ3v) is 4.07. The first-order chi connectivity index (χ1) is 11.1. The standard InChI is InChI=1S/C18H16N4O/c1-11-21-16-10-14(19)3-5-17(16)22(11)18(23)9-12-2-4-15-13(8-12)6-7-20-15/h2-8,10,20H,9,19H2,1H3. The molecule has 2 aromatic heterocycles. The number of H-pyrrole nitrogens is 1. The monoisotopic (exact) mass is 304 g/mol. The van der Waals surface area contributed by atoms with Gasteiger partial charge < -0.3 is 10.7 Å². The van der Waals surface area contributed by atoms with Gasteiger partial charge in [0.1, 0.15) is 5.82 Å². The van der Waals surface area contributed by atoms with Crippen LogP contribution in [0.1, 0.15) is 16.2 Å². The maximum atomic E-state index is 12.8. The van der Waals surface area contributed by atoms with E-state index in [4.69, 9.17) is 5.73 Å². The first kappa shape index (κ1) is 13.6. The van der Waals surface area contributed by atoms with Gasteiger partial charge in [-0.05, 0) is 54.3 Å². The molecule has 0 saturated carbocycles. The number of nitrogens with two attached hydrogens (primary N) is 1. The summed E-state index contributed by atoms with van der Waals surface area (Å²) in [7, 11) is 0. The zero-order valence-electron chi connectivity index (χ0n) is 12.7. The highest BCUT2D eigenvalue weighted by Crippen LogP contribution is 2.20. The lowest BCUT2D eigenvalue weighted by atomic mass is 10.1. The molecule has 0 atom stereocenters. The number of anilines is 1. The number of imidazole rings is 1. The number of carbonyl (C=O) groups is 1. The van der Waals surface area contributed by atoms with Crippen LogP contribution in [0.5, 0.6) is 0 Å². The summed E-state index contributed by atoms with van der Waals surface area (Å²) in [5.74, 6) is 0.683. The van der Waals surface area contributed by atoms with Crippen molar-refractivity contribution in [3.05, 3.63) is 60.0 Å². The van der Waals surface area contributed by atoms with Gasteiger partial charge in [0.2, 0.25) is 5.91 Å². The molecule has 5 heteroatoms. The Balaban J connectivity index is 1.72. The Morgan fingerprint density at radius 2 is 2.09 bits per heavy atom. The van der Waals surface area contributed by atoms with E-state index in [0.717, 1.165) is 27.5 Å². The van der Waals surface area contributed by atoms with E-state index < -0.39 is 0 Å². The Bertz CT molecular complexity index is 1040. The van der Waals surface area contributed by atoms with Gasteiger partial charge in [-0.3, -0.25) is 9.36 Å². The van der Waals surface area contributed by atoms with Crippen molar-refractivity contribution in [2.75, 3.05) is 5.73 Å². The van der Waals surface area contributed by atoms with Crippen LogP contribution in [-0.4, -0.2) is 20.4 Å². The Labute approximate surface area is 132 Å². The topological polar surface area (TPSA) is 76.7 Å². The fourth-order valence-corrected chi connectivity index (χ4v) is 3.00. The van der Waals surface area contributed by atoms with Gasteiger partial charge in [0.25, 0.3) is 0 Å². The van der Waals surface area contributed by atoms with Gasteiger partial charge in [-0.2, -0.15) is 0 Å². The smallest absolute Gasteiger partial charge is 0.236 e. The fourth-order valence-electron chi connectivity index (χ4n) is 3.00. The lowest BCUT2D eigenvalue weighted by molar-refractivity contribution is 0.0916. The molecule has 0 spiro atoms. The van der Waals surface area contributed by atoms with Crippen LogP contribution in [0, 0.1) is 6.92 Å². The summed E-state index contributed by atoms with van der Waals surface area (Å²) >= 11 is 0. The average molecular weight is 304 g/mol. The van der Waals surface area contributed by atoms with E-state index in [0.29, 0.717) is 17.9 Å². The molecule has 4 aromatic rings. The second kappa shape index (κ2) is 4.98. The Morgan fingerprint density at radius 3 is 2.96 bits per heavy atom. The van der Waals surface area contributed by atoms with Crippen molar-refractivity contribution in [3.63, 3.8) is 0 Å². The molecule has 0 aliphatic rings. The van der Waals surface area contributed by atoms with Crippen LogP contribution in [0.3, 0.4) is 0 Å². The van der Waals surface area contributed by atoms with E-state index >= 15 is 0 Å². The van der Waals surface area contributed by atoms with Crippen LogP contribution < -0.4 is 5.73 Å². The van der Waals surface area contributed by atoms with Crippen LogP contribution in [0.2, 0.25) is 0 Å². The number of nitrogens with zero attached hydrogens (tertiary/aromatic N) is 2. The number of benzene rings is 2. The van der Waals surface area contributed by atoms with Crippen LogP contribution in [-0.2, 0) is 6.42 Å². The predicted octanol–water partition coefficient (Wildman–Crippen LogP) is 3.29. The molecule has 5 nitrogen and oxygen atoms in total. The first-order valence-corrected chi connectivity index (χ1v) is 7.45. The molecule has 0 aliphatic carbocycles. The minimum Gasteiger partial charge on any atom is -0.399 e. The highest BCUT2D eigenvalue weighted by molar-refractivity contribution is 5.93. The molecule has 0 saturated heterocycles. The molecular formula is C18H16N4O. The predicted molar refractivity (Wildman–Crippen MR) is 91.5 cm³/mol. The summed E-state index contributed by atoms with van der Waals surface area (Å²) in [6, 6.07) is 13.4. The minimum absolute atomic E-state index is 0.00431. The van der Waals surface area contributed by atoms with Crippen LogP contribution in [0.25, 0.3) is 21.9 Å². The summed E-state index contributed by atoms with van der Waals surface area (Å²) in [5.41, 5.74) is 10.0. The van der Waals surface area contributed by atoms with Crippen LogP contribution in [0.4, 0.5) is 5.69 Å². The van der Waals surface area contributed by atoms with E-state index in [2.05, 4.69) is 9.97 Å². The number of fused-ring (bicyclic) bond motifs is 2. The van der Waals surface area contributed by atoms with E-state index in [1.807, 2.05) is 43.5 Å². The third kappa shape index (κ3) is 2.26. The van der Waals surface area contributed by atoms with Gasteiger partial charge in [-0.15, -0.1) is 0 Å². The van der Waals surface area contributed by atoms with Crippen LogP contribution in [0.15, 0.2) is 48.7 Å². The van der Waals surface area contributed by atoms with E-state index in [9.17, 15) is 4.79 Å². The number of hydrogen-bond donors (Lipinski definition) is 2. The number of nitrogens with one attached hydrogen (secondary N) is 1. The number of rotatable bonds is 2. The highest BCUT2D eigenvalue weighted by atomic mass is 16.2. The molecule has 114 valence electrons. The first-order valence-electron chi connectivity index (χ1n) is 7.45. The number of nitrogen functional groups attached to an aromatic ring is 1. The number of aromatic nitrogens is 3. The van der Waals surface area contributed by atoms with E-state index in [1.165, 1.54) is 0 Å². The third-order valence-electron chi connectivity index (χ3n) is 4.07. The molecule has 4 rings (SSSR count). The normalized spacial score (nSPS) is 11.3. The van der Waals surface area contributed by atoms with Crippen molar-refractivity contribution in [2.45, 2.75) is 13.3 Å². The van der Waals surface area contributed by atoms with Gasteiger partial charge in [-0.1, -0.05) is 6.07 Å². The Morgan fingerprint density at radius 1 is 1.22 bits per heavy atom. The molecule has 2 aromatic carbocycles. The Hall–Kier alpha value is -3.08. The summed E-state index contributed by atoms with van der Waals surface area (Å²) < 4.78 is 1.66. The number of aryl methyl sites for hydroxylation is 1. The summed E-state index contributed by atoms with van der Waals surface area (Å²) in [6.45, 7) is 1.84. The van der Waals surface area contributed by atoms with Crippen molar-refractivity contribution < 1.29 is 4.79 Å². The van der Waals surface area contributed by atoms with Crippen molar-refractivity contribution >= 4 is 33.5 Å². The van der Waals surface area contributed by atoms with Crippen molar-refractivity contribution in [1.82, 2.24) is 14.5 Å². The zero-order valence-corrected chi connectivity index (χ0v) is 12.7. The maximum absolute atomic E-state index is 12.8. The lowest BCUT2D eigenvalue weighted by Gasteiger charge is -2.06. The van der Waals surface area contributed by atoms with Crippen molar-refractivity contribution in [3.8, 4) is 0 Å². The minimum atomic E-state index is 0.00431. The van der Waals surface area contributed by atoms with Gasteiger partial charge >= 0.3 is 0 Å². The van der Waals surface area contributed by atoms with Crippen molar-refractivity contribution in [2.24, 2.45) is 0 Å². The molecule has 0 amide bonds. The number of hydrogen-bond acceptors (Lipinski definition) is 3. The van der Waals surface area contributed by atoms with E-state index in [1.54, 1.807) is 16.7 Å². The SMILES string of the molecule is Cc1nc2cc(N)ccc2n1C(=O)Cc1ccc2[nH]ccc2c1. The van der Waals surface area contributed by atoms with Crippen molar-refractivity contribution in [1.29, 1.82) is 0 Å². The van der Waals surface area contributed by atoms with Gasteiger partial charge in [0, 0.05) is 17.4 Å². The maximum Gasteiger partial charge on any atom is 0.236 e. The molecule has 0 bridgehead atoms. The molecular weight excluding hydrogens is 288 g/mol. The highest BCUT2D eigenvalue weighted by Gasteiger charge is 2.15. The number of carbonyl (C=O) groups excluding carboxylic acids is 1. The van der Waals surface area contributed by atoms with Gasteiger partial charge in [0.05, 0.1) is 17.5 Å². The van der Waals surface area contributed by atoms with Gasteiger partial charge in [-0.25, -0.2) is 4.98 Å². The molecule has 3 N–H and O–H groups in total. The molecule has 0 fully saturated rings.